The molecule has 2 rings (SSSR count). The van der Waals surface area contributed by atoms with Gasteiger partial charge >= 0.3 is 0 Å². The number of nitrogens with two attached hydrogens (primary N) is 1. The number of hydrogen-bond donors (Lipinski definition) is 2. The highest BCUT2D eigenvalue weighted by Gasteiger charge is 2.30. The zero-order chi connectivity index (χ0) is 15.6. The van der Waals surface area contributed by atoms with Gasteiger partial charge in [-0.15, -0.1) is 0 Å². The number of ether oxygens (including phenoxy) is 2. The van der Waals surface area contributed by atoms with Gasteiger partial charge in [-0.3, -0.25) is 0 Å². The van der Waals surface area contributed by atoms with Gasteiger partial charge in [-0.05, 0) is 34.8 Å². The number of methoxy groups -OCH3 is 2. The van der Waals surface area contributed by atoms with Crippen molar-refractivity contribution in [3.8, 4) is 11.5 Å². The Kier molecular flexibility index (Phi) is 5.13. The maximum atomic E-state index is 12.5. The summed E-state index contributed by atoms with van der Waals surface area (Å²) >= 11 is 3.27. The topological polar surface area (TPSA) is 90.7 Å². The van der Waals surface area contributed by atoms with Crippen molar-refractivity contribution in [3.63, 3.8) is 0 Å². The fourth-order valence-electron chi connectivity index (χ4n) is 2.44. The highest BCUT2D eigenvalue weighted by atomic mass is 79.9. The number of benzene rings is 1. The number of halogens is 1. The van der Waals surface area contributed by atoms with Crippen molar-refractivity contribution in [2.75, 3.05) is 14.2 Å². The smallest absolute Gasteiger partial charge is 0.242 e. The molecule has 0 spiro atoms. The Morgan fingerprint density at radius 3 is 2.38 bits per heavy atom. The first-order valence-electron chi connectivity index (χ1n) is 6.58. The van der Waals surface area contributed by atoms with Crippen LogP contribution in [0.25, 0.3) is 0 Å². The molecule has 2 unspecified atom stereocenters. The van der Waals surface area contributed by atoms with Gasteiger partial charge in [-0.1, -0.05) is 6.42 Å². The van der Waals surface area contributed by atoms with Crippen LogP contribution in [-0.2, 0) is 10.0 Å². The zero-order valence-electron chi connectivity index (χ0n) is 11.9. The molecule has 1 aromatic carbocycles. The zero-order valence-corrected chi connectivity index (χ0v) is 14.3. The molecule has 1 aliphatic carbocycles. The summed E-state index contributed by atoms with van der Waals surface area (Å²) in [6, 6.07) is 2.64. The van der Waals surface area contributed by atoms with Crippen LogP contribution in [0, 0.1) is 0 Å². The SMILES string of the molecule is COc1cc(Br)c(S(=O)(=O)NC2CCCC2N)cc1OC. The fourth-order valence-corrected chi connectivity index (χ4v) is 4.80. The minimum Gasteiger partial charge on any atom is -0.493 e. The number of nitrogens with one attached hydrogen (secondary N) is 1. The van der Waals surface area contributed by atoms with Crippen LogP contribution in [0.1, 0.15) is 19.3 Å². The van der Waals surface area contributed by atoms with Crippen molar-refractivity contribution in [1.29, 1.82) is 0 Å². The van der Waals surface area contributed by atoms with E-state index in [1.54, 1.807) is 6.07 Å². The second-order valence-electron chi connectivity index (χ2n) is 4.96. The van der Waals surface area contributed by atoms with Crippen molar-refractivity contribution >= 4 is 26.0 Å². The maximum absolute atomic E-state index is 12.5. The molecule has 6 nitrogen and oxygen atoms in total. The molecule has 1 fully saturated rings. The molecule has 0 amide bonds. The van der Waals surface area contributed by atoms with E-state index in [0.29, 0.717) is 16.0 Å². The van der Waals surface area contributed by atoms with Crippen LogP contribution >= 0.6 is 15.9 Å². The van der Waals surface area contributed by atoms with E-state index in [1.807, 2.05) is 0 Å². The van der Waals surface area contributed by atoms with Crippen LogP contribution in [0.4, 0.5) is 0 Å². The first kappa shape index (κ1) is 16.5. The lowest BCUT2D eigenvalue weighted by Crippen LogP contribution is -2.43. The van der Waals surface area contributed by atoms with Gasteiger partial charge in [0.1, 0.15) is 4.90 Å². The van der Waals surface area contributed by atoms with Crippen molar-refractivity contribution in [3.05, 3.63) is 16.6 Å². The third-order valence-electron chi connectivity index (χ3n) is 3.60. The van der Waals surface area contributed by atoms with Crippen LogP contribution < -0.4 is 19.9 Å². The summed E-state index contributed by atoms with van der Waals surface area (Å²) in [6.07, 6.45) is 2.52. The summed E-state index contributed by atoms with van der Waals surface area (Å²) in [5.74, 6) is 0.817. The van der Waals surface area contributed by atoms with E-state index >= 15 is 0 Å². The van der Waals surface area contributed by atoms with Crippen LogP contribution in [0.3, 0.4) is 0 Å². The van der Waals surface area contributed by atoms with Gasteiger partial charge in [0, 0.05) is 22.6 Å². The van der Waals surface area contributed by atoms with E-state index in [0.717, 1.165) is 19.3 Å². The van der Waals surface area contributed by atoms with Gasteiger partial charge in [0.05, 0.1) is 14.2 Å². The molecule has 3 N–H and O–H groups in total. The van der Waals surface area contributed by atoms with Gasteiger partial charge in [0.2, 0.25) is 10.0 Å². The van der Waals surface area contributed by atoms with Gasteiger partial charge in [-0.2, -0.15) is 0 Å². The standard InChI is InChI=1S/C13H19BrN2O4S/c1-19-11-6-8(14)13(7-12(11)20-2)21(17,18)16-10-5-3-4-9(10)15/h6-7,9-10,16H,3-5,15H2,1-2H3. The quantitative estimate of drug-likeness (QED) is 0.812. The van der Waals surface area contributed by atoms with Gasteiger partial charge in [-0.25, -0.2) is 13.1 Å². The molecule has 118 valence electrons. The third-order valence-corrected chi connectivity index (χ3v) is 6.05. The largest absolute Gasteiger partial charge is 0.493 e. The number of hydrogen-bond acceptors (Lipinski definition) is 5. The Labute approximate surface area is 133 Å². The summed E-state index contributed by atoms with van der Waals surface area (Å²) in [6.45, 7) is 0. The normalized spacial score (nSPS) is 22.3. The minimum absolute atomic E-state index is 0.110. The second-order valence-corrected chi connectivity index (χ2v) is 7.50. The molecular formula is C13H19BrN2O4S. The Balaban J connectivity index is 2.35. The Morgan fingerprint density at radius 2 is 1.86 bits per heavy atom. The van der Waals surface area contributed by atoms with E-state index in [-0.39, 0.29) is 17.0 Å². The van der Waals surface area contributed by atoms with Gasteiger partial charge < -0.3 is 15.2 Å². The van der Waals surface area contributed by atoms with Gasteiger partial charge in [0.15, 0.2) is 11.5 Å². The summed E-state index contributed by atoms with van der Waals surface area (Å²) in [5.41, 5.74) is 5.92. The van der Waals surface area contributed by atoms with E-state index in [1.165, 1.54) is 20.3 Å². The summed E-state index contributed by atoms with van der Waals surface area (Å²) in [5, 5.41) is 0. The Hall–Kier alpha value is -0.830. The lowest BCUT2D eigenvalue weighted by molar-refractivity contribution is 0.353. The molecule has 8 heteroatoms. The fraction of sp³-hybridized carbons (Fsp3) is 0.538. The molecule has 1 saturated carbocycles. The summed E-state index contributed by atoms with van der Waals surface area (Å²) in [4.78, 5) is 0.110. The summed E-state index contributed by atoms with van der Waals surface area (Å²) < 4.78 is 38.4. The predicted molar refractivity (Wildman–Crippen MR) is 83.2 cm³/mol. The molecule has 1 aromatic rings. The molecule has 0 radical (unpaired) electrons. The predicted octanol–water partition coefficient (Wildman–Crippen LogP) is 1.62. The molecule has 21 heavy (non-hydrogen) atoms. The molecule has 0 bridgehead atoms. The second kappa shape index (κ2) is 6.51. The Bertz CT molecular complexity index is 621. The van der Waals surface area contributed by atoms with Crippen LogP contribution in [0.2, 0.25) is 0 Å². The van der Waals surface area contributed by atoms with E-state index in [9.17, 15) is 8.42 Å². The molecular weight excluding hydrogens is 360 g/mol. The molecule has 2 atom stereocenters. The van der Waals surface area contributed by atoms with Crippen molar-refractivity contribution < 1.29 is 17.9 Å². The molecule has 0 aliphatic heterocycles. The lowest BCUT2D eigenvalue weighted by atomic mass is 10.2. The molecule has 1 aliphatic rings. The third kappa shape index (κ3) is 3.50. The minimum atomic E-state index is -3.68. The first-order chi connectivity index (χ1) is 9.89. The van der Waals surface area contributed by atoms with E-state index in [2.05, 4.69) is 20.7 Å². The van der Waals surface area contributed by atoms with Crippen LogP contribution in [0.15, 0.2) is 21.5 Å². The average Bonchev–Trinajstić information content (AvgIpc) is 2.82. The van der Waals surface area contributed by atoms with Crippen molar-refractivity contribution in [2.45, 2.75) is 36.2 Å². The highest BCUT2D eigenvalue weighted by Crippen LogP contribution is 2.35. The molecule has 0 saturated heterocycles. The monoisotopic (exact) mass is 378 g/mol. The number of sulfonamides is 1. The number of rotatable bonds is 5. The summed E-state index contributed by atoms with van der Waals surface area (Å²) in [7, 11) is -0.722. The van der Waals surface area contributed by atoms with Crippen molar-refractivity contribution in [1.82, 2.24) is 4.72 Å². The van der Waals surface area contributed by atoms with Crippen LogP contribution in [-0.4, -0.2) is 34.7 Å². The Morgan fingerprint density at radius 1 is 1.24 bits per heavy atom. The lowest BCUT2D eigenvalue weighted by Gasteiger charge is -2.19. The van der Waals surface area contributed by atoms with Crippen LogP contribution in [0.5, 0.6) is 11.5 Å². The van der Waals surface area contributed by atoms with E-state index < -0.39 is 10.0 Å². The first-order valence-corrected chi connectivity index (χ1v) is 8.86. The highest BCUT2D eigenvalue weighted by molar-refractivity contribution is 9.10. The van der Waals surface area contributed by atoms with Gasteiger partial charge in [0.25, 0.3) is 0 Å². The average molecular weight is 379 g/mol. The molecule has 0 aromatic heterocycles. The molecule has 0 heterocycles. The maximum Gasteiger partial charge on any atom is 0.242 e. The van der Waals surface area contributed by atoms with E-state index in [4.69, 9.17) is 15.2 Å². The van der Waals surface area contributed by atoms with Crippen molar-refractivity contribution in [2.24, 2.45) is 5.73 Å².